The maximum absolute atomic E-state index is 4.22. The second-order valence-corrected chi connectivity index (χ2v) is 4.76. The van der Waals surface area contributed by atoms with Gasteiger partial charge < -0.3 is 5.32 Å². The zero-order chi connectivity index (χ0) is 11.9. The number of hydrogen-bond acceptors (Lipinski definition) is 4. The van der Waals surface area contributed by atoms with E-state index in [0.29, 0.717) is 0 Å². The van der Waals surface area contributed by atoms with E-state index in [1.165, 1.54) is 4.90 Å². The molecule has 0 spiro atoms. The fraction of sp³-hybridized carbons (Fsp3) is 0.333. The van der Waals surface area contributed by atoms with Crippen molar-refractivity contribution in [1.29, 1.82) is 0 Å². The van der Waals surface area contributed by atoms with Gasteiger partial charge in [0, 0.05) is 10.6 Å². The fourth-order valence-corrected chi connectivity index (χ4v) is 2.39. The van der Waals surface area contributed by atoms with Gasteiger partial charge in [-0.2, -0.15) is 5.10 Å². The number of aromatic nitrogens is 3. The van der Waals surface area contributed by atoms with E-state index < -0.39 is 0 Å². The van der Waals surface area contributed by atoms with Crippen molar-refractivity contribution in [2.45, 2.75) is 18.0 Å². The number of benzene rings is 1. The first kappa shape index (κ1) is 12.1. The van der Waals surface area contributed by atoms with E-state index in [4.69, 9.17) is 0 Å². The van der Waals surface area contributed by atoms with Gasteiger partial charge in [0.1, 0.15) is 12.2 Å². The van der Waals surface area contributed by atoms with Crippen molar-refractivity contribution in [3.8, 4) is 0 Å². The van der Waals surface area contributed by atoms with Crippen molar-refractivity contribution < 1.29 is 0 Å². The summed E-state index contributed by atoms with van der Waals surface area (Å²) in [6.07, 6.45) is 1.61. The molecule has 1 aromatic heterocycles. The van der Waals surface area contributed by atoms with Gasteiger partial charge in [0.25, 0.3) is 0 Å². The van der Waals surface area contributed by atoms with Crippen molar-refractivity contribution in [2.24, 2.45) is 0 Å². The Morgan fingerprint density at radius 1 is 1.29 bits per heavy atom. The van der Waals surface area contributed by atoms with Gasteiger partial charge in [0.15, 0.2) is 0 Å². The van der Waals surface area contributed by atoms with Crippen molar-refractivity contribution in [3.05, 3.63) is 42.5 Å². The zero-order valence-corrected chi connectivity index (χ0v) is 10.7. The monoisotopic (exact) mass is 248 g/mol. The summed E-state index contributed by atoms with van der Waals surface area (Å²) in [5.74, 6) is 1.99. The maximum Gasteiger partial charge on any atom is 0.140 e. The highest BCUT2D eigenvalue weighted by Gasteiger charge is 2.02. The van der Waals surface area contributed by atoms with Crippen LogP contribution in [-0.4, -0.2) is 27.6 Å². The summed E-state index contributed by atoms with van der Waals surface area (Å²) in [7, 11) is 1.91. The molecule has 0 aliphatic carbocycles. The first-order valence-corrected chi connectivity index (χ1v) is 6.58. The van der Waals surface area contributed by atoms with Gasteiger partial charge in [-0.3, -0.25) is 0 Å². The van der Waals surface area contributed by atoms with Crippen LogP contribution in [0.25, 0.3) is 0 Å². The third-order valence-electron chi connectivity index (χ3n) is 2.35. The topological polar surface area (TPSA) is 42.7 Å². The summed E-state index contributed by atoms with van der Waals surface area (Å²) in [6.45, 7) is 1.65. The van der Waals surface area contributed by atoms with Gasteiger partial charge in [-0.05, 0) is 19.2 Å². The van der Waals surface area contributed by atoms with Crippen LogP contribution in [-0.2, 0) is 13.1 Å². The predicted molar refractivity (Wildman–Crippen MR) is 70.0 cm³/mol. The van der Waals surface area contributed by atoms with Crippen LogP contribution in [0.4, 0.5) is 0 Å². The third kappa shape index (κ3) is 3.57. The van der Waals surface area contributed by atoms with Crippen LogP contribution in [0.5, 0.6) is 0 Å². The summed E-state index contributed by atoms with van der Waals surface area (Å²) in [6, 6.07) is 10.4. The molecule has 0 aliphatic heterocycles. The summed E-state index contributed by atoms with van der Waals surface area (Å²) >= 11 is 1.84. The molecule has 0 bridgehead atoms. The van der Waals surface area contributed by atoms with Gasteiger partial charge in [0.2, 0.25) is 0 Å². The Morgan fingerprint density at radius 3 is 2.88 bits per heavy atom. The van der Waals surface area contributed by atoms with Gasteiger partial charge in [-0.25, -0.2) is 9.67 Å². The van der Waals surface area contributed by atoms with E-state index in [9.17, 15) is 0 Å². The molecular weight excluding hydrogens is 232 g/mol. The molecule has 0 saturated carbocycles. The van der Waals surface area contributed by atoms with E-state index in [-0.39, 0.29) is 0 Å². The molecule has 2 rings (SSSR count). The Balaban J connectivity index is 1.84. The molecule has 4 nitrogen and oxygen atoms in total. The van der Waals surface area contributed by atoms with Crippen LogP contribution in [0.1, 0.15) is 5.82 Å². The number of nitrogens with one attached hydrogen (secondary N) is 1. The largest absolute Gasteiger partial charge is 0.313 e. The lowest BCUT2D eigenvalue weighted by Crippen LogP contribution is -2.14. The van der Waals surface area contributed by atoms with E-state index in [0.717, 1.165) is 24.7 Å². The third-order valence-corrected chi connectivity index (χ3v) is 3.34. The molecular formula is C12H16N4S. The van der Waals surface area contributed by atoms with Crippen molar-refractivity contribution in [1.82, 2.24) is 20.1 Å². The second kappa shape index (κ2) is 6.42. The van der Waals surface area contributed by atoms with Crippen molar-refractivity contribution in [3.63, 3.8) is 0 Å². The molecule has 1 heterocycles. The Labute approximate surface area is 105 Å². The van der Waals surface area contributed by atoms with Gasteiger partial charge in [0.05, 0.1) is 13.1 Å². The highest BCUT2D eigenvalue weighted by atomic mass is 32.2. The van der Waals surface area contributed by atoms with Crippen LogP contribution in [0, 0.1) is 0 Å². The van der Waals surface area contributed by atoms with Gasteiger partial charge in [-0.15, -0.1) is 11.8 Å². The highest BCUT2D eigenvalue weighted by molar-refractivity contribution is 7.99. The summed E-state index contributed by atoms with van der Waals surface area (Å²) in [4.78, 5) is 5.51. The average molecular weight is 248 g/mol. The fourth-order valence-electron chi connectivity index (χ4n) is 1.54. The molecule has 17 heavy (non-hydrogen) atoms. The SMILES string of the molecule is CNCc1ncnn1CCSc1ccccc1. The quantitative estimate of drug-likeness (QED) is 0.791. The zero-order valence-electron chi connectivity index (χ0n) is 9.84. The van der Waals surface area contributed by atoms with Crippen LogP contribution in [0.2, 0.25) is 0 Å². The molecule has 0 atom stereocenters. The summed E-state index contributed by atoms with van der Waals surface area (Å²) in [5, 5.41) is 7.31. The number of nitrogens with zero attached hydrogens (tertiary/aromatic N) is 3. The van der Waals surface area contributed by atoms with Crippen molar-refractivity contribution in [2.75, 3.05) is 12.8 Å². The molecule has 1 aromatic carbocycles. The summed E-state index contributed by atoms with van der Waals surface area (Å²) in [5.41, 5.74) is 0. The second-order valence-electron chi connectivity index (χ2n) is 3.59. The molecule has 0 aliphatic rings. The Morgan fingerprint density at radius 2 is 2.12 bits per heavy atom. The lowest BCUT2D eigenvalue weighted by Gasteiger charge is -2.05. The molecule has 0 radical (unpaired) electrons. The predicted octanol–water partition coefficient (Wildman–Crippen LogP) is 1.79. The van der Waals surface area contributed by atoms with Crippen LogP contribution < -0.4 is 5.32 Å². The van der Waals surface area contributed by atoms with Gasteiger partial charge >= 0.3 is 0 Å². The minimum Gasteiger partial charge on any atom is -0.313 e. The van der Waals surface area contributed by atoms with E-state index in [2.05, 4.69) is 39.7 Å². The molecule has 0 unspecified atom stereocenters. The number of rotatable bonds is 6. The van der Waals surface area contributed by atoms with Gasteiger partial charge in [-0.1, -0.05) is 18.2 Å². The molecule has 90 valence electrons. The minimum atomic E-state index is 0.760. The van der Waals surface area contributed by atoms with Crippen LogP contribution in [0.15, 0.2) is 41.6 Å². The van der Waals surface area contributed by atoms with E-state index >= 15 is 0 Å². The van der Waals surface area contributed by atoms with Crippen LogP contribution >= 0.6 is 11.8 Å². The average Bonchev–Trinajstić information content (AvgIpc) is 2.79. The lowest BCUT2D eigenvalue weighted by atomic mass is 10.4. The number of hydrogen-bond donors (Lipinski definition) is 1. The first-order chi connectivity index (χ1) is 8.40. The minimum absolute atomic E-state index is 0.760. The normalized spacial score (nSPS) is 10.6. The molecule has 5 heteroatoms. The van der Waals surface area contributed by atoms with E-state index in [1.807, 2.05) is 29.6 Å². The molecule has 0 saturated heterocycles. The smallest absolute Gasteiger partial charge is 0.140 e. The number of thioether (sulfide) groups is 1. The maximum atomic E-state index is 4.22. The molecule has 0 amide bonds. The standard InChI is InChI=1S/C12H16N4S/c1-13-9-12-14-10-15-16(12)7-8-17-11-5-3-2-4-6-11/h2-6,10,13H,7-9H2,1H3. The molecule has 0 fully saturated rings. The Bertz CT molecular complexity index is 441. The molecule has 1 N–H and O–H groups in total. The Kier molecular flexibility index (Phi) is 4.58. The summed E-state index contributed by atoms with van der Waals surface area (Å²) < 4.78 is 1.95. The van der Waals surface area contributed by atoms with Crippen LogP contribution in [0.3, 0.4) is 0 Å². The Hall–Kier alpha value is -1.33. The van der Waals surface area contributed by atoms with Crippen molar-refractivity contribution >= 4 is 11.8 Å². The number of aryl methyl sites for hydroxylation is 1. The highest BCUT2D eigenvalue weighted by Crippen LogP contribution is 2.16. The lowest BCUT2D eigenvalue weighted by molar-refractivity contribution is 0.599. The first-order valence-electron chi connectivity index (χ1n) is 5.59. The molecule has 2 aromatic rings. The van der Waals surface area contributed by atoms with E-state index in [1.54, 1.807) is 6.33 Å².